The zero-order valence-electron chi connectivity index (χ0n) is 7.00. The molecular formula is C9H6BrFN2O. The number of hydrogen-bond donors (Lipinski definition) is 1. The molecule has 2 N–H and O–H groups in total. The molecule has 1 aromatic carbocycles. The van der Waals surface area contributed by atoms with Crippen molar-refractivity contribution < 1.29 is 8.91 Å². The Balaban J connectivity index is 2.60. The van der Waals surface area contributed by atoms with Gasteiger partial charge in [0.2, 0.25) is 0 Å². The average Bonchev–Trinajstić information content (AvgIpc) is 2.49. The fourth-order valence-electron chi connectivity index (χ4n) is 1.10. The number of anilines is 1. The lowest BCUT2D eigenvalue weighted by Crippen LogP contribution is -1.84. The first-order valence-corrected chi connectivity index (χ1v) is 4.65. The third kappa shape index (κ3) is 1.39. The Labute approximate surface area is 87.8 Å². The van der Waals surface area contributed by atoms with Crippen LogP contribution in [0, 0.1) is 5.82 Å². The SMILES string of the molecule is Nc1noc(-c2ccccc2F)c1Br. The third-order valence-electron chi connectivity index (χ3n) is 1.78. The molecule has 5 heteroatoms. The molecule has 0 spiro atoms. The summed E-state index contributed by atoms with van der Waals surface area (Å²) in [5.74, 6) is 0.146. The quantitative estimate of drug-likeness (QED) is 0.854. The van der Waals surface area contributed by atoms with Crippen molar-refractivity contribution in [3.63, 3.8) is 0 Å². The Bertz CT molecular complexity index is 470. The smallest absolute Gasteiger partial charge is 0.186 e. The van der Waals surface area contributed by atoms with Gasteiger partial charge in [-0.1, -0.05) is 17.3 Å². The molecule has 1 aromatic heterocycles. The van der Waals surface area contributed by atoms with Crippen molar-refractivity contribution in [2.24, 2.45) is 0 Å². The molecule has 0 aliphatic heterocycles. The van der Waals surface area contributed by atoms with Crippen LogP contribution in [0.3, 0.4) is 0 Å². The minimum atomic E-state index is -0.371. The normalized spacial score (nSPS) is 10.4. The molecule has 3 nitrogen and oxygen atoms in total. The van der Waals surface area contributed by atoms with Crippen LogP contribution in [0.25, 0.3) is 11.3 Å². The van der Waals surface area contributed by atoms with Crippen LogP contribution in [-0.2, 0) is 0 Å². The summed E-state index contributed by atoms with van der Waals surface area (Å²) in [6.07, 6.45) is 0. The van der Waals surface area contributed by atoms with Crippen molar-refractivity contribution >= 4 is 21.7 Å². The Morgan fingerprint density at radius 1 is 1.36 bits per heavy atom. The molecule has 14 heavy (non-hydrogen) atoms. The second kappa shape index (κ2) is 3.42. The number of rotatable bonds is 1. The van der Waals surface area contributed by atoms with Crippen molar-refractivity contribution in [2.45, 2.75) is 0 Å². The van der Waals surface area contributed by atoms with E-state index < -0.39 is 0 Å². The predicted molar refractivity (Wildman–Crippen MR) is 54.0 cm³/mol. The summed E-state index contributed by atoms with van der Waals surface area (Å²) < 4.78 is 18.7. The lowest BCUT2D eigenvalue weighted by Gasteiger charge is -1.97. The lowest BCUT2D eigenvalue weighted by molar-refractivity contribution is 0.433. The number of nitrogens with two attached hydrogens (primary N) is 1. The fraction of sp³-hybridized carbons (Fsp3) is 0. The molecule has 2 rings (SSSR count). The topological polar surface area (TPSA) is 52.0 Å². The summed E-state index contributed by atoms with van der Waals surface area (Å²) in [6, 6.07) is 6.26. The minimum absolute atomic E-state index is 0.211. The van der Waals surface area contributed by atoms with E-state index in [0.29, 0.717) is 15.8 Å². The van der Waals surface area contributed by atoms with Crippen LogP contribution < -0.4 is 5.73 Å². The van der Waals surface area contributed by atoms with E-state index in [0.717, 1.165) is 0 Å². The molecule has 0 amide bonds. The number of hydrogen-bond acceptors (Lipinski definition) is 3. The van der Waals surface area contributed by atoms with Crippen molar-refractivity contribution in [1.29, 1.82) is 0 Å². The van der Waals surface area contributed by atoms with Gasteiger partial charge < -0.3 is 10.3 Å². The van der Waals surface area contributed by atoms with Crippen molar-refractivity contribution in [1.82, 2.24) is 5.16 Å². The maximum absolute atomic E-state index is 13.3. The molecule has 0 aliphatic carbocycles. The molecule has 0 saturated carbocycles. The highest BCUT2D eigenvalue weighted by atomic mass is 79.9. The zero-order chi connectivity index (χ0) is 10.1. The Kier molecular flexibility index (Phi) is 2.25. The van der Waals surface area contributed by atoms with Gasteiger partial charge in [0.25, 0.3) is 0 Å². The second-order valence-electron chi connectivity index (χ2n) is 2.69. The van der Waals surface area contributed by atoms with Crippen LogP contribution in [0.1, 0.15) is 0 Å². The van der Waals surface area contributed by atoms with E-state index in [2.05, 4.69) is 21.1 Å². The van der Waals surface area contributed by atoms with Gasteiger partial charge in [-0.3, -0.25) is 0 Å². The van der Waals surface area contributed by atoms with E-state index in [-0.39, 0.29) is 11.6 Å². The molecule has 72 valence electrons. The van der Waals surface area contributed by atoms with Crippen LogP contribution in [0.5, 0.6) is 0 Å². The molecule has 0 saturated heterocycles. The largest absolute Gasteiger partial charge is 0.380 e. The molecule has 0 unspecified atom stereocenters. The summed E-state index contributed by atoms with van der Waals surface area (Å²) in [6.45, 7) is 0. The Morgan fingerprint density at radius 2 is 2.07 bits per heavy atom. The summed E-state index contributed by atoms with van der Waals surface area (Å²) >= 11 is 3.17. The highest BCUT2D eigenvalue weighted by molar-refractivity contribution is 9.10. The summed E-state index contributed by atoms with van der Waals surface area (Å²) in [7, 11) is 0. The molecule has 0 aliphatic rings. The fourth-order valence-corrected chi connectivity index (χ4v) is 1.46. The van der Waals surface area contributed by atoms with Gasteiger partial charge >= 0.3 is 0 Å². The first kappa shape index (κ1) is 9.21. The van der Waals surface area contributed by atoms with Gasteiger partial charge in [-0.15, -0.1) is 0 Å². The van der Waals surface area contributed by atoms with E-state index in [9.17, 15) is 4.39 Å². The molecule has 0 bridgehead atoms. The maximum atomic E-state index is 13.3. The number of aromatic nitrogens is 1. The van der Waals surface area contributed by atoms with Gasteiger partial charge in [-0.05, 0) is 28.1 Å². The predicted octanol–water partition coefficient (Wildman–Crippen LogP) is 2.83. The second-order valence-corrected chi connectivity index (χ2v) is 3.48. The van der Waals surface area contributed by atoms with Gasteiger partial charge in [0.1, 0.15) is 10.3 Å². The molecular weight excluding hydrogens is 251 g/mol. The minimum Gasteiger partial charge on any atom is -0.380 e. The van der Waals surface area contributed by atoms with Crippen molar-refractivity contribution in [2.75, 3.05) is 5.73 Å². The average molecular weight is 257 g/mol. The molecule has 0 atom stereocenters. The van der Waals surface area contributed by atoms with Crippen LogP contribution in [0.2, 0.25) is 0 Å². The van der Waals surface area contributed by atoms with Gasteiger partial charge in [-0.2, -0.15) is 0 Å². The van der Waals surface area contributed by atoms with Crippen molar-refractivity contribution in [3.8, 4) is 11.3 Å². The Hall–Kier alpha value is -1.36. The standard InChI is InChI=1S/C9H6BrFN2O/c10-7-8(14-13-9(7)12)5-3-1-2-4-6(5)11/h1-4H,(H2,12,13). The lowest BCUT2D eigenvalue weighted by atomic mass is 10.1. The van der Waals surface area contributed by atoms with Gasteiger partial charge in [-0.25, -0.2) is 4.39 Å². The van der Waals surface area contributed by atoms with Gasteiger partial charge in [0.15, 0.2) is 11.6 Å². The van der Waals surface area contributed by atoms with E-state index in [4.69, 9.17) is 10.3 Å². The molecule has 1 heterocycles. The maximum Gasteiger partial charge on any atom is 0.186 e. The summed E-state index contributed by atoms with van der Waals surface area (Å²) in [5, 5.41) is 3.52. The first-order valence-electron chi connectivity index (χ1n) is 3.85. The van der Waals surface area contributed by atoms with Crippen LogP contribution in [0.4, 0.5) is 10.2 Å². The monoisotopic (exact) mass is 256 g/mol. The third-order valence-corrected chi connectivity index (χ3v) is 2.54. The molecule has 2 aromatic rings. The van der Waals surface area contributed by atoms with E-state index in [1.54, 1.807) is 18.2 Å². The Morgan fingerprint density at radius 3 is 2.64 bits per heavy atom. The summed E-state index contributed by atoms with van der Waals surface area (Å²) in [4.78, 5) is 0. The highest BCUT2D eigenvalue weighted by Gasteiger charge is 2.15. The van der Waals surface area contributed by atoms with Crippen LogP contribution >= 0.6 is 15.9 Å². The van der Waals surface area contributed by atoms with Gasteiger partial charge in [0, 0.05) is 0 Å². The summed E-state index contributed by atoms with van der Waals surface area (Å²) in [5.41, 5.74) is 5.79. The highest BCUT2D eigenvalue weighted by Crippen LogP contribution is 2.33. The number of benzene rings is 1. The molecule has 0 radical (unpaired) electrons. The van der Waals surface area contributed by atoms with E-state index in [1.807, 2.05) is 0 Å². The first-order chi connectivity index (χ1) is 6.70. The number of nitrogen functional groups attached to an aromatic ring is 1. The van der Waals surface area contributed by atoms with Crippen LogP contribution in [-0.4, -0.2) is 5.16 Å². The van der Waals surface area contributed by atoms with Crippen LogP contribution in [0.15, 0.2) is 33.3 Å². The van der Waals surface area contributed by atoms with E-state index >= 15 is 0 Å². The van der Waals surface area contributed by atoms with Crippen molar-refractivity contribution in [3.05, 3.63) is 34.6 Å². The number of halogens is 2. The molecule has 0 fully saturated rings. The van der Waals surface area contributed by atoms with E-state index in [1.165, 1.54) is 6.07 Å². The number of nitrogens with zero attached hydrogens (tertiary/aromatic N) is 1. The van der Waals surface area contributed by atoms with Gasteiger partial charge in [0.05, 0.1) is 5.56 Å². The zero-order valence-corrected chi connectivity index (χ0v) is 8.58.